The number of ether oxygens (including phenoxy) is 10. The highest BCUT2D eigenvalue weighted by molar-refractivity contribution is 5.79. The quantitative estimate of drug-likeness (QED) is 0.0513. The first-order valence-corrected chi connectivity index (χ1v) is 30.6. The summed E-state index contributed by atoms with van der Waals surface area (Å²) >= 11 is 0. The molecule has 0 spiro atoms. The molecule has 26 nitrogen and oxygen atoms in total. The van der Waals surface area contributed by atoms with E-state index in [0.29, 0.717) is 51.4 Å². The Kier molecular flexibility index (Phi) is 19.0. The predicted octanol–water partition coefficient (Wildman–Crippen LogP) is -2.54. The summed E-state index contributed by atoms with van der Waals surface area (Å²) in [5.41, 5.74) is -1.76. The fourth-order valence-corrected chi connectivity index (χ4v) is 17.6. The zero-order valence-electron chi connectivity index (χ0n) is 49.8. The van der Waals surface area contributed by atoms with E-state index in [2.05, 4.69) is 40.7 Å². The van der Waals surface area contributed by atoms with E-state index in [-0.39, 0.29) is 52.6 Å². The van der Waals surface area contributed by atoms with Gasteiger partial charge in [0.05, 0.1) is 50.2 Å². The van der Waals surface area contributed by atoms with Gasteiger partial charge in [-0.15, -0.1) is 0 Å². The maximum absolute atomic E-state index is 14.8. The van der Waals surface area contributed by atoms with E-state index in [1.807, 2.05) is 6.92 Å². The van der Waals surface area contributed by atoms with Crippen LogP contribution in [0.5, 0.6) is 0 Å². The first-order chi connectivity index (χ1) is 39.9. The van der Waals surface area contributed by atoms with Crippen molar-refractivity contribution < 1.29 is 129 Å². The molecule has 0 bridgehead atoms. The average molecular weight is 1220 g/mol. The van der Waals surface area contributed by atoms with E-state index in [1.54, 1.807) is 0 Å². The summed E-state index contributed by atoms with van der Waals surface area (Å²) in [5, 5.41) is 164. The Labute approximate surface area is 494 Å². The smallest absolute Gasteiger partial charge is 0.315 e. The van der Waals surface area contributed by atoms with Crippen molar-refractivity contribution in [2.75, 3.05) is 26.4 Å². The third-order valence-electron chi connectivity index (χ3n) is 23.2. The number of hydrogen-bond donors (Lipinski definition) is 15. The second-order valence-corrected chi connectivity index (χ2v) is 28.4. The fourth-order valence-electron chi connectivity index (χ4n) is 17.6. The summed E-state index contributed by atoms with van der Waals surface area (Å²) in [6.07, 6.45) is -30.8. The molecular weight excluding hydrogens is 1120 g/mol. The summed E-state index contributed by atoms with van der Waals surface area (Å²) in [5.74, 6) is -0.740. The molecule has 85 heavy (non-hydrogen) atoms. The lowest BCUT2D eigenvalue weighted by Crippen LogP contribution is -2.67. The van der Waals surface area contributed by atoms with E-state index in [0.717, 1.165) is 12.8 Å². The van der Waals surface area contributed by atoms with Crippen LogP contribution in [0.1, 0.15) is 120 Å². The molecular formula is C59H96O26. The maximum Gasteiger partial charge on any atom is 0.315 e. The number of aliphatic hydroxyl groups excluding tert-OH is 15. The van der Waals surface area contributed by atoms with Gasteiger partial charge in [0.1, 0.15) is 104 Å². The van der Waals surface area contributed by atoms with Gasteiger partial charge < -0.3 is 124 Å². The third-order valence-corrected chi connectivity index (χ3v) is 23.2. The Morgan fingerprint density at radius 1 is 0.541 bits per heavy atom. The van der Waals surface area contributed by atoms with E-state index in [1.165, 1.54) is 19.4 Å². The van der Waals surface area contributed by atoms with Crippen LogP contribution in [0.15, 0.2) is 11.6 Å². The van der Waals surface area contributed by atoms with Gasteiger partial charge in [-0.25, -0.2) is 0 Å². The monoisotopic (exact) mass is 1220 g/mol. The average Bonchev–Trinajstić information content (AvgIpc) is 0.700. The van der Waals surface area contributed by atoms with Gasteiger partial charge in [-0.2, -0.15) is 0 Å². The van der Waals surface area contributed by atoms with Crippen molar-refractivity contribution in [2.24, 2.45) is 50.2 Å². The normalized spacial score (nSPS) is 55.3. The summed E-state index contributed by atoms with van der Waals surface area (Å²) in [4.78, 5) is 14.8. The number of carbonyl (C=O) groups excluding carboxylic acids is 1. The first-order valence-electron chi connectivity index (χ1n) is 30.6. The van der Waals surface area contributed by atoms with Gasteiger partial charge in [-0.1, -0.05) is 53.2 Å². The Morgan fingerprint density at radius 3 is 1.74 bits per heavy atom. The molecule has 5 heterocycles. The number of aliphatic hydroxyl groups is 15. The standard InChI is InChI=1S/C59H96O26/c1-24-34(64)39(69)41(71)48(77-24)83-46-38(68)30(21-61)80-51(44(46)74)82-45-35(65)25(2)78-50(43(45)73)84-47-36(66)28(63)22-76-52(47)81-33-12-13-55(5)31(56(33,6)23-62)11-14-58(8)32(55)10-9-26-27-19-54(3,4)15-17-59(27,18-16-57(26,58)7)53(75)85-49-42(72)40(70)37(67)29(20-60)79-49/h9,24-25,27-52,60-74H,10-23H2,1-8H3/t24-,25-,27-,28-,29+,30+,31+,32+,33-,34-,35-,36-,37+,38+,39+,40-,41+,42+,43+,44+,45+,46-,47+,48-,49-,50-,51-,52-,55-,56-,57+,58+,59-/m0/s1. The van der Waals surface area contributed by atoms with Crippen LogP contribution in [0, 0.1) is 50.2 Å². The summed E-state index contributed by atoms with van der Waals surface area (Å²) in [6, 6.07) is 0. The molecule has 10 aliphatic rings. The molecule has 5 aliphatic carbocycles. The van der Waals surface area contributed by atoms with Crippen molar-refractivity contribution in [1.82, 2.24) is 0 Å². The van der Waals surface area contributed by atoms with Gasteiger partial charge in [0.2, 0.25) is 6.29 Å². The highest BCUT2D eigenvalue weighted by Crippen LogP contribution is 2.76. The largest absolute Gasteiger partial charge is 0.432 e. The molecule has 0 amide bonds. The molecule has 0 aromatic heterocycles. The van der Waals surface area contributed by atoms with Gasteiger partial charge in [0.15, 0.2) is 25.2 Å². The lowest BCUT2D eigenvalue weighted by atomic mass is 9.33. The van der Waals surface area contributed by atoms with Crippen LogP contribution in [0.3, 0.4) is 0 Å². The Bertz CT molecular complexity index is 2370. The molecule has 10 rings (SSSR count). The van der Waals surface area contributed by atoms with Gasteiger partial charge in [-0.05, 0) is 117 Å². The number of hydrogen-bond acceptors (Lipinski definition) is 26. The van der Waals surface area contributed by atoms with Gasteiger partial charge >= 0.3 is 5.97 Å². The minimum Gasteiger partial charge on any atom is -0.432 e. The molecule has 4 saturated carbocycles. The molecule has 26 heteroatoms. The van der Waals surface area contributed by atoms with E-state index < -0.39 is 184 Å². The third kappa shape index (κ3) is 11.0. The first kappa shape index (κ1) is 66.2. The number of fused-ring (bicyclic) bond motifs is 7. The fraction of sp³-hybridized carbons (Fsp3) is 0.949. The van der Waals surface area contributed by atoms with Gasteiger partial charge in [-0.3, -0.25) is 4.79 Å². The zero-order valence-corrected chi connectivity index (χ0v) is 49.8. The number of esters is 1. The molecule has 0 aromatic carbocycles. The molecule has 33 atom stereocenters. The van der Waals surface area contributed by atoms with Crippen LogP contribution in [0.4, 0.5) is 0 Å². The van der Waals surface area contributed by atoms with E-state index in [9.17, 15) is 81.4 Å². The molecule has 0 unspecified atom stereocenters. The lowest BCUT2D eigenvalue weighted by Gasteiger charge is -2.71. The van der Waals surface area contributed by atoms with Crippen LogP contribution >= 0.6 is 0 Å². The van der Waals surface area contributed by atoms with Crippen LogP contribution < -0.4 is 0 Å². The highest BCUT2D eigenvalue weighted by Gasteiger charge is 2.71. The topological polar surface area (TPSA) is 413 Å². The number of carbonyl (C=O) groups is 1. The minimum atomic E-state index is -1.97. The van der Waals surface area contributed by atoms with Gasteiger partial charge in [0.25, 0.3) is 0 Å². The SMILES string of the molecule is C[C@@H]1O[C@@H](O[C@@H]2[C@@H](O)[C@H](O[C@@H]3[C@@H](O)[C@H](C)O[C@@H](O[C@H]4[C@H](O[C@H]5CC[C@@]6(C)[C@@H](CC[C@]7(C)[C@@H]6CC=C6[C@@H]8CC(C)(C)CC[C@]8(C(=O)O[C@@H]8O[C@H](CO)[C@@H](O)[C@H](O)[C@H]8O)CC[C@]67C)[C@]5(C)CO)OC[C@H](O)[C@@H]4O)[C@@H]3O)O[C@H](CO)[C@H]2O)[C@H](O)[C@H](O)[C@H]1O. The van der Waals surface area contributed by atoms with Crippen LogP contribution in [0.2, 0.25) is 0 Å². The van der Waals surface area contributed by atoms with Gasteiger partial charge in [0, 0.05) is 5.41 Å². The molecule has 5 saturated heterocycles. The summed E-state index contributed by atoms with van der Waals surface area (Å²) < 4.78 is 59.9. The maximum atomic E-state index is 14.8. The number of allylic oxidation sites excluding steroid dienone is 2. The Balaban J connectivity index is 0.852. The van der Waals surface area contributed by atoms with Crippen molar-refractivity contribution in [3.05, 3.63) is 11.6 Å². The second kappa shape index (κ2) is 24.4. The van der Waals surface area contributed by atoms with Crippen LogP contribution in [0.25, 0.3) is 0 Å². The summed E-state index contributed by atoms with van der Waals surface area (Å²) in [7, 11) is 0. The van der Waals surface area contributed by atoms with Crippen molar-refractivity contribution in [3.8, 4) is 0 Å². The summed E-state index contributed by atoms with van der Waals surface area (Å²) in [6.45, 7) is 14.1. The van der Waals surface area contributed by atoms with Crippen molar-refractivity contribution in [3.63, 3.8) is 0 Å². The molecule has 0 radical (unpaired) electrons. The lowest BCUT2D eigenvalue weighted by molar-refractivity contribution is -0.391. The van der Waals surface area contributed by atoms with Crippen molar-refractivity contribution in [2.45, 2.75) is 273 Å². The Hall–Kier alpha value is -1.75. The molecule has 488 valence electrons. The van der Waals surface area contributed by atoms with Crippen LogP contribution in [-0.2, 0) is 52.2 Å². The highest BCUT2D eigenvalue weighted by atomic mass is 16.8. The molecule has 0 aromatic rings. The van der Waals surface area contributed by atoms with E-state index in [4.69, 9.17) is 47.4 Å². The Morgan fingerprint density at radius 2 is 1.09 bits per heavy atom. The van der Waals surface area contributed by atoms with Crippen molar-refractivity contribution >= 4 is 5.97 Å². The van der Waals surface area contributed by atoms with Crippen molar-refractivity contribution in [1.29, 1.82) is 0 Å². The number of rotatable bonds is 13. The molecule has 5 aliphatic heterocycles. The minimum absolute atomic E-state index is 0.107. The molecule has 15 N–H and O–H groups in total. The zero-order chi connectivity index (χ0) is 62.0. The predicted molar refractivity (Wildman–Crippen MR) is 288 cm³/mol. The second-order valence-electron chi connectivity index (χ2n) is 28.4. The van der Waals surface area contributed by atoms with Crippen LogP contribution in [-0.4, -0.2) is 263 Å². The molecule has 9 fully saturated rings. The van der Waals surface area contributed by atoms with E-state index >= 15 is 0 Å².